The maximum Gasteiger partial charge on any atom is 0.220 e. The molecule has 1 aliphatic heterocycles. The first-order valence-electron chi connectivity index (χ1n) is 8.96. The number of rotatable bonds is 5. The first kappa shape index (κ1) is 19.6. The highest BCUT2D eigenvalue weighted by Crippen LogP contribution is 2.39. The van der Waals surface area contributed by atoms with Gasteiger partial charge in [0.1, 0.15) is 0 Å². The Morgan fingerprint density at radius 2 is 1.96 bits per heavy atom. The number of nitrogens with one attached hydrogen (secondary N) is 2. The Balaban J connectivity index is 0.00000208. The highest BCUT2D eigenvalue weighted by Gasteiger charge is 2.37. The highest BCUT2D eigenvalue weighted by atomic mass is 35.5. The normalized spacial score (nSPS) is 20.4. The molecule has 1 aliphatic carbocycles. The van der Waals surface area contributed by atoms with Gasteiger partial charge in [0.2, 0.25) is 5.91 Å². The van der Waals surface area contributed by atoms with Crippen LogP contribution in [-0.2, 0) is 10.3 Å². The maximum atomic E-state index is 12.5. The average Bonchev–Trinajstić information content (AvgIpc) is 3.04. The summed E-state index contributed by atoms with van der Waals surface area (Å²) in [5.74, 6) is 0.901. The van der Waals surface area contributed by atoms with Crippen molar-refractivity contribution in [3.63, 3.8) is 0 Å². The Morgan fingerprint density at radius 3 is 2.62 bits per heavy atom. The molecular formula is C19H28Cl2N2O. The lowest BCUT2D eigenvalue weighted by molar-refractivity contribution is -0.123. The summed E-state index contributed by atoms with van der Waals surface area (Å²) in [6.07, 6.45) is 8.44. The lowest BCUT2D eigenvalue weighted by Crippen LogP contribution is -2.44. The van der Waals surface area contributed by atoms with Gasteiger partial charge in [-0.15, -0.1) is 12.4 Å². The molecule has 5 heteroatoms. The van der Waals surface area contributed by atoms with Gasteiger partial charge in [0.05, 0.1) is 5.54 Å². The molecule has 0 bridgehead atoms. The SMILES string of the molecule is Cl.O=C(CCC1CCNCC1)NC1(c2cccc(Cl)c2)CCCC1. The summed E-state index contributed by atoms with van der Waals surface area (Å²) in [7, 11) is 0. The summed E-state index contributed by atoms with van der Waals surface area (Å²) in [5, 5.41) is 7.49. The smallest absolute Gasteiger partial charge is 0.220 e. The largest absolute Gasteiger partial charge is 0.347 e. The summed E-state index contributed by atoms with van der Waals surface area (Å²) in [6.45, 7) is 2.19. The molecule has 0 unspecified atom stereocenters. The Hall–Kier alpha value is -0.770. The molecule has 24 heavy (non-hydrogen) atoms. The second-order valence-electron chi connectivity index (χ2n) is 7.08. The lowest BCUT2D eigenvalue weighted by Gasteiger charge is -2.32. The van der Waals surface area contributed by atoms with E-state index in [9.17, 15) is 4.79 Å². The van der Waals surface area contributed by atoms with E-state index in [2.05, 4.69) is 16.7 Å². The number of piperidine rings is 1. The van der Waals surface area contributed by atoms with Crippen LogP contribution >= 0.6 is 24.0 Å². The van der Waals surface area contributed by atoms with E-state index < -0.39 is 0 Å². The van der Waals surface area contributed by atoms with E-state index in [0.717, 1.165) is 42.9 Å². The molecule has 1 aromatic carbocycles. The van der Waals surface area contributed by atoms with Crippen molar-refractivity contribution in [1.29, 1.82) is 0 Å². The molecule has 2 N–H and O–H groups in total. The third kappa shape index (κ3) is 4.87. The molecule has 1 amide bonds. The highest BCUT2D eigenvalue weighted by molar-refractivity contribution is 6.30. The van der Waals surface area contributed by atoms with Crippen molar-refractivity contribution in [3.8, 4) is 0 Å². The molecule has 1 heterocycles. The molecule has 0 aromatic heterocycles. The van der Waals surface area contributed by atoms with Crippen LogP contribution in [0, 0.1) is 5.92 Å². The molecule has 3 rings (SSSR count). The van der Waals surface area contributed by atoms with Crippen molar-refractivity contribution in [2.45, 2.75) is 56.9 Å². The van der Waals surface area contributed by atoms with E-state index in [-0.39, 0.29) is 23.9 Å². The fourth-order valence-electron chi connectivity index (χ4n) is 4.09. The van der Waals surface area contributed by atoms with Gasteiger partial charge in [-0.3, -0.25) is 4.79 Å². The quantitative estimate of drug-likeness (QED) is 0.804. The van der Waals surface area contributed by atoms with Gasteiger partial charge in [-0.1, -0.05) is 36.6 Å². The molecule has 3 nitrogen and oxygen atoms in total. The number of amides is 1. The van der Waals surface area contributed by atoms with E-state index in [1.54, 1.807) is 0 Å². The predicted molar refractivity (Wildman–Crippen MR) is 102 cm³/mol. The van der Waals surface area contributed by atoms with Crippen LogP contribution in [0.15, 0.2) is 24.3 Å². The first-order valence-corrected chi connectivity index (χ1v) is 9.33. The predicted octanol–water partition coefficient (Wildman–Crippen LogP) is 4.43. The van der Waals surface area contributed by atoms with Crippen molar-refractivity contribution < 1.29 is 4.79 Å². The van der Waals surface area contributed by atoms with Crippen LogP contribution in [0.5, 0.6) is 0 Å². The van der Waals surface area contributed by atoms with Gasteiger partial charge in [0.25, 0.3) is 0 Å². The second kappa shape index (κ2) is 9.07. The van der Waals surface area contributed by atoms with E-state index >= 15 is 0 Å². The zero-order valence-electron chi connectivity index (χ0n) is 14.2. The van der Waals surface area contributed by atoms with Crippen molar-refractivity contribution >= 4 is 29.9 Å². The second-order valence-corrected chi connectivity index (χ2v) is 7.52. The lowest BCUT2D eigenvalue weighted by atomic mass is 9.87. The van der Waals surface area contributed by atoms with Crippen molar-refractivity contribution in [2.24, 2.45) is 5.92 Å². The minimum absolute atomic E-state index is 0. The van der Waals surface area contributed by atoms with Crippen molar-refractivity contribution in [2.75, 3.05) is 13.1 Å². The van der Waals surface area contributed by atoms with E-state index in [1.807, 2.05) is 18.2 Å². The summed E-state index contributed by atoms with van der Waals surface area (Å²) >= 11 is 6.17. The van der Waals surface area contributed by atoms with Gasteiger partial charge in [-0.05, 0) is 68.8 Å². The average molecular weight is 371 g/mol. The third-order valence-corrected chi connectivity index (χ3v) is 5.69. The number of benzene rings is 1. The van der Waals surface area contributed by atoms with Crippen LogP contribution in [-0.4, -0.2) is 19.0 Å². The summed E-state index contributed by atoms with van der Waals surface area (Å²) in [4.78, 5) is 12.5. The van der Waals surface area contributed by atoms with Crippen LogP contribution in [0.25, 0.3) is 0 Å². The molecule has 0 spiro atoms. The molecule has 0 radical (unpaired) electrons. The minimum atomic E-state index is -0.198. The molecular weight excluding hydrogens is 343 g/mol. The van der Waals surface area contributed by atoms with Crippen molar-refractivity contribution in [1.82, 2.24) is 10.6 Å². The van der Waals surface area contributed by atoms with Crippen LogP contribution in [0.1, 0.15) is 56.9 Å². The van der Waals surface area contributed by atoms with Gasteiger partial charge in [-0.2, -0.15) is 0 Å². The molecule has 1 aromatic rings. The Bertz CT molecular complexity index is 538. The Morgan fingerprint density at radius 1 is 1.25 bits per heavy atom. The fraction of sp³-hybridized carbons (Fsp3) is 0.632. The van der Waals surface area contributed by atoms with Gasteiger partial charge in [0.15, 0.2) is 0 Å². The molecule has 0 atom stereocenters. The van der Waals surface area contributed by atoms with E-state index in [4.69, 9.17) is 11.6 Å². The molecule has 2 fully saturated rings. The van der Waals surface area contributed by atoms with Crippen LogP contribution < -0.4 is 10.6 Å². The van der Waals surface area contributed by atoms with Crippen LogP contribution in [0.3, 0.4) is 0 Å². The standard InChI is InChI=1S/C19H27ClN2O.ClH/c20-17-5-3-4-16(14-17)19(10-1-2-11-19)22-18(23)7-6-15-8-12-21-13-9-15;/h3-5,14-15,21H,1-2,6-13H2,(H,22,23);1H. The molecule has 134 valence electrons. The number of carbonyl (C=O) groups is 1. The number of carbonyl (C=O) groups excluding carboxylic acids is 1. The van der Waals surface area contributed by atoms with Crippen molar-refractivity contribution in [3.05, 3.63) is 34.9 Å². The monoisotopic (exact) mass is 370 g/mol. The third-order valence-electron chi connectivity index (χ3n) is 5.45. The topological polar surface area (TPSA) is 41.1 Å². The Kier molecular flexibility index (Phi) is 7.39. The summed E-state index contributed by atoms with van der Waals surface area (Å²) in [5.41, 5.74) is 0.966. The summed E-state index contributed by atoms with van der Waals surface area (Å²) < 4.78 is 0. The number of halogens is 2. The maximum absolute atomic E-state index is 12.5. The molecule has 1 saturated heterocycles. The zero-order valence-corrected chi connectivity index (χ0v) is 15.7. The van der Waals surface area contributed by atoms with Gasteiger partial charge >= 0.3 is 0 Å². The van der Waals surface area contributed by atoms with E-state index in [0.29, 0.717) is 12.3 Å². The molecule has 1 saturated carbocycles. The van der Waals surface area contributed by atoms with Gasteiger partial charge < -0.3 is 10.6 Å². The zero-order chi connectivity index (χ0) is 16.1. The van der Waals surface area contributed by atoms with Crippen LogP contribution in [0.2, 0.25) is 5.02 Å². The number of hydrogen-bond donors (Lipinski definition) is 2. The summed E-state index contributed by atoms with van der Waals surface area (Å²) in [6, 6.07) is 8.00. The fourth-order valence-corrected chi connectivity index (χ4v) is 4.28. The first-order chi connectivity index (χ1) is 11.2. The van der Waals surface area contributed by atoms with Gasteiger partial charge in [0, 0.05) is 11.4 Å². The number of hydrogen-bond acceptors (Lipinski definition) is 2. The van der Waals surface area contributed by atoms with E-state index in [1.165, 1.54) is 25.7 Å². The Labute approximate surface area is 156 Å². The van der Waals surface area contributed by atoms with Crippen LogP contribution in [0.4, 0.5) is 0 Å². The molecule has 2 aliphatic rings. The minimum Gasteiger partial charge on any atom is -0.347 e. The van der Waals surface area contributed by atoms with Gasteiger partial charge in [-0.25, -0.2) is 0 Å².